The topological polar surface area (TPSA) is 124 Å². The summed E-state index contributed by atoms with van der Waals surface area (Å²) < 4.78 is 26.8. The molecule has 31 heavy (non-hydrogen) atoms. The molecule has 0 amide bonds. The van der Waals surface area contributed by atoms with Gasteiger partial charge in [0.05, 0.1) is 21.3 Å². The van der Waals surface area contributed by atoms with Gasteiger partial charge in [-0.15, -0.1) is 0 Å². The largest absolute Gasteiger partial charge is 0.493 e. The van der Waals surface area contributed by atoms with Crippen molar-refractivity contribution in [2.75, 3.05) is 21.3 Å². The average Bonchev–Trinajstić information content (AvgIpc) is 3.25. The van der Waals surface area contributed by atoms with E-state index >= 15 is 0 Å². The van der Waals surface area contributed by atoms with Crippen molar-refractivity contribution >= 4 is 5.97 Å². The van der Waals surface area contributed by atoms with E-state index in [2.05, 4.69) is 9.72 Å². The molecule has 9 heteroatoms. The van der Waals surface area contributed by atoms with Crippen LogP contribution in [0, 0.1) is 18.3 Å². The summed E-state index contributed by atoms with van der Waals surface area (Å²) in [5, 5.41) is 9.43. The number of nitrogens with zero attached hydrogens (tertiary/aromatic N) is 1. The first-order valence-electron chi connectivity index (χ1n) is 9.12. The number of H-pyrrole nitrogens is 1. The van der Waals surface area contributed by atoms with Crippen LogP contribution in [0.25, 0.3) is 11.1 Å². The second-order valence-electron chi connectivity index (χ2n) is 6.44. The Bertz CT molecular complexity index is 1190. The molecule has 0 aliphatic carbocycles. The molecule has 2 heterocycles. The van der Waals surface area contributed by atoms with Crippen molar-refractivity contribution in [1.82, 2.24) is 4.98 Å². The van der Waals surface area contributed by atoms with E-state index in [1.165, 1.54) is 27.4 Å². The fraction of sp³-hybridized carbons (Fsp3) is 0.227. The van der Waals surface area contributed by atoms with Crippen LogP contribution >= 0.6 is 0 Å². The first-order chi connectivity index (χ1) is 14.9. The van der Waals surface area contributed by atoms with Gasteiger partial charge in [0.15, 0.2) is 11.5 Å². The zero-order valence-corrected chi connectivity index (χ0v) is 17.4. The number of aryl methyl sites for hydroxylation is 1. The highest BCUT2D eigenvalue weighted by molar-refractivity contribution is 5.86. The molecule has 0 unspecified atom stereocenters. The summed E-state index contributed by atoms with van der Waals surface area (Å²) in [6.45, 7) is 1.72. The smallest absolute Gasteiger partial charge is 0.373 e. The van der Waals surface area contributed by atoms with Crippen LogP contribution in [0.3, 0.4) is 0 Å². The summed E-state index contributed by atoms with van der Waals surface area (Å²) in [7, 11) is 4.18. The van der Waals surface area contributed by atoms with Gasteiger partial charge in [0.2, 0.25) is 11.5 Å². The molecule has 0 aliphatic heterocycles. The number of esters is 1. The van der Waals surface area contributed by atoms with E-state index in [-0.39, 0.29) is 17.9 Å². The van der Waals surface area contributed by atoms with Gasteiger partial charge in [-0.2, -0.15) is 5.26 Å². The van der Waals surface area contributed by atoms with Crippen molar-refractivity contribution in [3.63, 3.8) is 0 Å². The Balaban J connectivity index is 1.99. The number of nitrogens with one attached hydrogen (secondary N) is 1. The number of ether oxygens (including phenoxy) is 4. The number of pyridine rings is 1. The Morgan fingerprint density at radius 2 is 1.81 bits per heavy atom. The van der Waals surface area contributed by atoms with Crippen molar-refractivity contribution in [2.45, 2.75) is 13.5 Å². The number of carbonyl (C=O) groups is 1. The van der Waals surface area contributed by atoms with Crippen molar-refractivity contribution in [3.05, 3.63) is 63.5 Å². The van der Waals surface area contributed by atoms with Crippen molar-refractivity contribution < 1.29 is 28.2 Å². The fourth-order valence-corrected chi connectivity index (χ4v) is 3.01. The summed E-state index contributed by atoms with van der Waals surface area (Å²) >= 11 is 0. The summed E-state index contributed by atoms with van der Waals surface area (Å²) in [6, 6.07) is 10.0. The Hall–Kier alpha value is -4.19. The minimum atomic E-state index is -0.591. The van der Waals surface area contributed by atoms with Gasteiger partial charge in [0, 0.05) is 11.3 Å². The average molecular weight is 424 g/mol. The number of nitriles is 1. The number of hydrogen-bond donors (Lipinski definition) is 1. The molecule has 9 nitrogen and oxygen atoms in total. The third kappa shape index (κ3) is 4.38. The number of carbonyl (C=O) groups excluding carboxylic acids is 1. The van der Waals surface area contributed by atoms with Crippen LogP contribution in [0.5, 0.6) is 17.2 Å². The molecular weight excluding hydrogens is 404 g/mol. The lowest BCUT2D eigenvalue weighted by Crippen LogP contribution is -2.12. The molecule has 2 aromatic heterocycles. The predicted molar refractivity (Wildman–Crippen MR) is 109 cm³/mol. The number of benzene rings is 1. The van der Waals surface area contributed by atoms with Crippen molar-refractivity contribution in [1.29, 1.82) is 5.26 Å². The highest BCUT2D eigenvalue weighted by Gasteiger charge is 2.19. The number of methoxy groups -OCH3 is 3. The van der Waals surface area contributed by atoms with Crippen LogP contribution in [-0.2, 0) is 11.3 Å². The van der Waals surface area contributed by atoms with Gasteiger partial charge < -0.3 is 28.3 Å². The van der Waals surface area contributed by atoms with Crippen LogP contribution in [-0.4, -0.2) is 32.3 Å². The second-order valence-corrected chi connectivity index (χ2v) is 6.44. The molecule has 3 aromatic rings. The maximum atomic E-state index is 12.2. The maximum Gasteiger partial charge on any atom is 0.373 e. The Labute approximate surface area is 177 Å². The Morgan fingerprint density at radius 1 is 1.13 bits per heavy atom. The predicted octanol–water partition coefficient (Wildman–Crippen LogP) is 3.20. The van der Waals surface area contributed by atoms with Gasteiger partial charge in [-0.05, 0) is 42.8 Å². The van der Waals surface area contributed by atoms with E-state index in [4.69, 9.17) is 18.6 Å². The van der Waals surface area contributed by atoms with Gasteiger partial charge in [-0.1, -0.05) is 0 Å². The number of hydrogen-bond acceptors (Lipinski definition) is 8. The van der Waals surface area contributed by atoms with Crippen LogP contribution in [0.1, 0.15) is 27.6 Å². The van der Waals surface area contributed by atoms with E-state index < -0.39 is 11.5 Å². The van der Waals surface area contributed by atoms with Crippen LogP contribution in [0.15, 0.2) is 39.5 Å². The number of aromatic nitrogens is 1. The summed E-state index contributed by atoms with van der Waals surface area (Å²) in [5.74, 6) is 0.818. The summed E-state index contributed by atoms with van der Waals surface area (Å²) in [4.78, 5) is 26.3. The van der Waals surface area contributed by atoms with Gasteiger partial charge in [0.25, 0.3) is 5.56 Å². The van der Waals surface area contributed by atoms with E-state index in [1.807, 2.05) is 6.07 Å². The quantitative estimate of drug-likeness (QED) is 0.574. The highest BCUT2D eigenvalue weighted by atomic mass is 16.5. The molecule has 0 saturated carbocycles. The fourth-order valence-electron chi connectivity index (χ4n) is 3.01. The van der Waals surface area contributed by atoms with Crippen LogP contribution < -0.4 is 19.8 Å². The number of aromatic amines is 1. The lowest BCUT2D eigenvalue weighted by atomic mass is 10.00. The lowest BCUT2D eigenvalue weighted by Gasteiger charge is -2.16. The normalized spacial score (nSPS) is 10.3. The molecule has 1 N–H and O–H groups in total. The van der Waals surface area contributed by atoms with Crippen LogP contribution in [0.2, 0.25) is 0 Å². The van der Waals surface area contributed by atoms with Gasteiger partial charge in [-0.25, -0.2) is 4.79 Å². The second kappa shape index (κ2) is 9.09. The van der Waals surface area contributed by atoms with E-state index in [0.29, 0.717) is 39.8 Å². The first kappa shape index (κ1) is 21.5. The minimum Gasteiger partial charge on any atom is -0.493 e. The molecule has 0 fully saturated rings. The molecule has 160 valence electrons. The molecule has 0 spiro atoms. The molecule has 0 radical (unpaired) electrons. The molecule has 0 atom stereocenters. The standard InChI is InChI=1S/C22H20N2O7/c1-12-7-15(16(10-23)21(25)24-12)13-8-18(27-2)20(19(9-13)28-3)30-11-14-5-6-17(31-14)22(26)29-4/h5-9H,11H2,1-4H3,(H,24,25). The molecule has 1 aromatic carbocycles. The van der Waals surface area contributed by atoms with Gasteiger partial charge in [0.1, 0.15) is 24.0 Å². The Kier molecular flexibility index (Phi) is 6.31. The summed E-state index contributed by atoms with van der Waals surface area (Å²) in [6.07, 6.45) is 0. The summed E-state index contributed by atoms with van der Waals surface area (Å²) in [5.41, 5.74) is 1.11. The van der Waals surface area contributed by atoms with Crippen LogP contribution in [0.4, 0.5) is 0 Å². The maximum absolute atomic E-state index is 12.2. The lowest BCUT2D eigenvalue weighted by molar-refractivity contribution is 0.0560. The molecule has 0 aliphatic rings. The van der Waals surface area contributed by atoms with Crippen molar-refractivity contribution in [3.8, 4) is 34.4 Å². The zero-order chi connectivity index (χ0) is 22.5. The zero-order valence-electron chi connectivity index (χ0n) is 17.4. The Morgan fingerprint density at radius 3 is 2.39 bits per heavy atom. The van der Waals surface area contributed by atoms with E-state index in [1.54, 1.807) is 31.2 Å². The number of furan rings is 1. The minimum absolute atomic E-state index is 0.00335. The van der Waals surface area contributed by atoms with E-state index in [0.717, 1.165) is 0 Å². The molecule has 3 rings (SSSR count). The van der Waals surface area contributed by atoms with Crippen molar-refractivity contribution in [2.24, 2.45) is 0 Å². The first-order valence-corrected chi connectivity index (χ1v) is 9.12. The number of rotatable bonds is 7. The molecule has 0 saturated heterocycles. The third-order valence-corrected chi connectivity index (χ3v) is 4.46. The third-order valence-electron chi connectivity index (χ3n) is 4.46. The van der Waals surface area contributed by atoms with Gasteiger partial charge >= 0.3 is 5.97 Å². The van der Waals surface area contributed by atoms with Gasteiger partial charge in [-0.3, -0.25) is 4.79 Å². The highest BCUT2D eigenvalue weighted by Crippen LogP contribution is 2.42. The molecular formula is C22H20N2O7. The SMILES string of the molecule is COC(=O)c1ccc(COc2c(OC)cc(-c3cc(C)[nH]c(=O)c3C#N)cc2OC)o1. The molecule has 0 bridgehead atoms. The van der Waals surface area contributed by atoms with E-state index in [9.17, 15) is 14.9 Å². The monoisotopic (exact) mass is 424 g/mol.